The second-order valence-electron chi connectivity index (χ2n) is 8.73. The van der Waals surface area contributed by atoms with Crippen molar-refractivity contribution in [2.75, 3.05) is 57.3 Å². The standard InChI is InChI=1S/C29H32N6O4/c1-36-21-11-9-20(10-12-21)19-32-29-34-27(33-28(35-29)31-14-16-38-18-17-37-15-13-30)24-7-4-6-23-22-5-2-3-8-25(22)39-26(23)24/h2-12H,13-19,30H2,1H3,(H2,31,32,33,34,35). The van der Waals surface area contributed by atoms with Crippen molar-refractivity contribution < 1.29 is 18.6 Å². The number of hydrogen-bond donors (Lipinski definition) is 3. The Morgan fingerprint density at radius 2 is 1.51 bits per heavy atom. The number of rotatable bonds is 14. The average Bonchev–Trinajstić information content (AvgIpc) is 3.36. The van der Waals surface area contributed by atoms with Gasteiger partial charge in [-0.25, -0.2) is 0 Å². The van der Waals surface area contributed by atoms with Crippen molar-refractivity contribution in [3.63, 3.8) is 0 Å². The molecule has 0 aliphatic heterocycles. The fourth-order valence-corrected chi connectivity index (χ4v) is 4.14. The molecule has 39 heavy (non-hydrogen) atoms. The van der Waals surface area contributed by atoms with Crippen molar-refractivity contribution in [3.05, 3.63) is 72.3 Å². The highest BCUT2D eigenvalue weighted by atomic mass is 16.5. The fourth-order valence-electron chi connectivity index (χ4n) is 4.14. The normalized spacial score (nSPS) is 11.2. The number of nitrogens with one attached hydrogen (secondary N) is 2. The summed E-state index contributed by atoms with van der Waals surface area (Å²) in [6.07, 6.45) is 0. The van der Waals surface area contributed by atoms with E-state index in [0.29, 0.717) is 63.8 Å². The first-order valence-corrected chi connectivity index (χ1v) is 12.9. The Bertz CT molecular complexity index is 1510. The molecule has 0 aliphatic carbocycles. The van der Waals surface area contributed by atoms with Crippen molar-refractivity contribution in [1.29, 1.82) is 0 Å². The van der Waals surface area contributed by atoms with Gasteiger partial charge in [-0.05, 0) is 29.8 Å². The van der Waals surface area contributed by atoms with Crippen LogP contribution in [0.5, 0.6) is 5.75 Å². The number of nitrogens with two attached hydrogens (primary N) is 1. The van der Waals surface area contributed by atoms with Gasteiger partial charge in [0.05, 0.1) is 39.1 Å². The van der Waals surface area contributed by atoms with Gasteiger partial charge in [0.1, 0.15) is 16.9 Å². The third kappa shape index (κ3) is 6.61. The molecule has 4 N–H and O–H groups in total. The predicted molar refractivity (Wildman–Crippen MR) is 152 cm³/mol. The summed E-state index contributed by atoms with van der Waals surface area (Å²) in [5, 5.41) is 8.63. The molecule has 0 fully saturated rings. The van der Waals surface area contributed by atoms with E-state index in [2.05, 4.69) is 15.6 Å². The molecule has 10 nitrogen and oxygen atoms in total. The summed E-state index contributed by atoms with van der Waals surface area (Å²) in [4.78, 5) is 14.1. The highest BCUT2D eigenvalue weighted by Crippen LogP contribution is 2.34. The topological polar surface area (TPSA) is 130 Å². The van der Waals surface area contributed by atoms with Crippen LogP contribution < -0.4 is 21.1 Å². The number of aromatic nitrogens is 3. The highest BCUT2D eigenvalue weighted by molar-refractivity contribution is 6.09. The quantitative estimate of drug-likeness (QED) is 0.178. The Morgan fingerprint density at radius 1 is 0.769 bits per heavy atom. The van der Waals surface area contributed by atoms with E-state index >= 15 is 0 Å². The van der Waals surface area contributed by atoms with Gasteiger partial charge in [-0.3, -0.25) is 0 Å². The minimum Gasteiger partial charge on any atom is -0.497 e. The van der Waals surface area contributed by atoms with Crippen LogP contribution in [-0.4, -0.2) is 61.6 Å². The number of para-hydroxylation sites is 2. The van der Waals surface area contributed by atoms with Crippen LogP contribution in [0.3, 0.4) is 0 Å². The summed E-state index contributed by atoms with van der Waals surface area (Å²) in [5.74, 6) is 2.20. The smallest absolute Gasteiger partial charge is 0.228 e. The molecule has 0 saturated heterocycles. The Labute approximate surface area is 226 Å². The Morgan fingerprint density at radius 3 is 2.31 bits per heavy atom. The Hall–Kier alpha value is -4.25. The monoisotopic (exact) mass is 528 g/mol. The van der Waals surface area contributed by atoms with E-state index < -0.39 is 0 Å². The van der Waals surface area contributed by atoms with E-state index in [1.165, 1.54) is 0 Å². The van der Waals surface area contributed by atoms with Crippen LogP contribution in [-0.2, 0) is 16.0 Å². The van der Waals surface area contributed by atoms with Crippen LogP contribution in [0.25, 0.3) is 33.3 Å². The van der Waals surface area contributed by atoms with Crippen molar-refractivity contribution in [3.8, 4) is 17.1 Å². The number of hydrogen-bond acceptors (Lipinski definition) is 10. The fraction of sp³-hybridized carbons (Fsp3) is 0.276. The molecule has 10 heteroatoms. The van der Waals surface area contributed by atoms with Gasteiger partial charge in [0.25, 0.3) is 0 Å². The van der Waals surface area contributed by atoms with Gasteiger partial charge in [0, 0.05) is 30.4 Å². The SMILES string of the molecule is COc1ccc(CNc2nc(NCCOCCOCCN)nc(-c3cccc4c3oc3ccccc34)n2)cc1. The number of benzene rings is 3. The first-order valence-electron chi connectivity index (χ1n) is 12.9. The molecule has 5 aromatic rings. The third-order valence-corrected chi connectivity index (χ3v) is 6.05. The lowest BCUT2D eigenvalue weighted by Gasteiger charge is -2.11. The maximum absolute atomic E-state index is 6.23. The number of fused-ring (bicyclic) bond motifs is 3. The summed E-state index contributed by atoms with van der Waals surface area (Å²) < 4.78 is 22.4. The van der Waals surface area contributed by atoms with Crippen molar-refractivity contribution in [2.24, 2.45) is 5.73 Å². The zero-order valence-electron chi connectivity index (χ0n) is 21.9. The van der Waals surface area contributed by atoms with Crippen molar-refractivity contribution in [1.82, 2.24) is 15.0 Å². The summed E-state index contributed by atoms with van der Waals surface area (Å²) in [5.41, 5.74) is 8.83. The maximum atomic E-state index is 6.23. The molecule has 0 bridgehead atoms. The number of nitrogens with zero attached hydrogens (tertiary/aromatic N) is 3. The first kappa shape index (κ1) is 26.4. The highest BCUT2D eigenvalue weighted by Gasteiger charge is 2.16. The minimum absolute atomic E-state index is 0.438. The zero-order chi connectivity index (χ0) is 26.9. The summed E-state index contributed by atoms with van der Waals surface area (Å²) >= 11 is 0. The second-order valence-corrected chi connectivity index (χ2v) is 8.73. The minimum atomic E-state index is 0.438. The van der Waals surface area contributed by atoms with E-state index in [-0.39, 0.29) is 0 Å². The van der Waals surface area contributed by atoms with Crippen LogP contribution >= 0.6 is 0 Å². The van der Waals surface area contributed by atoms with Gasteiger partial charge in [-0.2, -0.15) is 15.0 Å². The molecule has 0 aliphatic rings. The molecular weight excluding hydrogens is 496 g/mol. The van der Waals surface area contributed by atoms with E-state index in [4.69, 9.17) is 34.3 Å². The first-order chi connectivity index (χ1) is 19.2. The maximum Gasteiger partial charge on any atom is 0.228 e. The molecular formula is C29H32N6O4. The molecule has 2 heterocycles. The molecule has 5 rings (SSSR count). The van der Waals surface area contributed by atoms with Crippen LogP contribution in [0, 0.1) is 0 Å². The van der Waals surface area contributed by atoms with Gasteiger partial charge in [0.2, 0.25) is 11.9 Å². The Kier molecular flexibility index (Phi) is 8.79. The van der Waals surface area contributed by atoms with Gasteiger partial charge < -0.3 is 35.0 Å². The van der Waals surface area contributed by atoms with Crippen molar-refractivity contribution >= 4 is 33.8 Å². The van der Waals surface area contributed by atoms with E-state index in [1.54, 1.807) is 7.11 Å². The zero-order valence-corrected chi connectivity index (χ0v) is 21.9. The van der Waals surface area contributed by atoms with Gasteiger partial charge in [0.15, 0.2) is 5.82 Å². The summed E-state index contributed by atoms with van der Waals surface area (Å²) in [6, 6.07) is 21.8. The average molecular weight is 529 g/mol. The van der Waals surface area contributed by atoms with Crippen LogP contribution in [0.1, 0.15) is 5.56 Å². The van der Waals surface area contributed by atoms with E-state index in [0.717, 1.165) is 38.8 Å². The lowest BCUT2D eigenvalue weighted by Crippen LogP contribution is -2.16. The molecule has 0 unspecified atom stereocenters. The van der Waals surface area contributed by atoms with Crippen LogP contribution in [0.4, 0.5) is 11.9 Å². The van der Waals surface area contributed by atoms with Gasteiger partial charge in [-0.1, -0.05) is 42.5 Å². The summed E-state index contributed by atoms with van der Waals surface area (Å²) in [6.45, 7) is 3.56. The molecule has 0 radical (unpaired) electrons. The molecule has 3 aromatic carbocycles. The lowest BCUT2D eigenvalue weighted by atomic mass is 10.1. The Balaban J connectivity index is 1.37. The van der Waals surface area contributed by atoms with Crippen LogP contribution in [0.15, 0.2) is 71.1 Å². The molecule has 0 atom stereocenters. The molecule has 202 valence electrons. The lowest BCUT2D eigenvalue weighted by molar-refractivity contribution is 0.0547. The number of ether oxygens (including phenoxy) is 3. The van der Waals surface area contributed by atoms with E-state index in [9.17, 15) is 0 Å². The van der Waals surface area contributed by atoms with Crippen molar-refractivity contribution in [2.45, 2.75) is 6.54 Å². The largest absolute Gasteiger partial charge is 0.497 e. The molecule has 2 aromatic heterocycles. The van der Waals surface area contributed by atoms with Gasteiger partial charge >= 0.3 is 0 Å². The summed E-state index contributed by atoms with van der Waals surface area (Å²) in [7, 11) is 1.65. The van der Waals surface area contributed by atoms with Crippen LogP contribution in [0.2, 0.25) is 0 Å². The third-order valence-electron chi connectivity index (χ3n) is 6.05. The molecule has 0 amide bonds. The number of anilines is 2. The van der Waals surface area contributed by atoms with Gasteiger partial charge in [-0.15, -0.1) is 0 Å². The second kappa shape index (κ2) is 13.0. The molecule has 0 spiro atoms. The van der Waals surface area contributed by atoms with E-state index in [1.807, 2.05) is 66.7 Å². The number of methoxy groups -OCH3 is 1. The predicted octanol–water partition coefficient (Wildman–Crippen LogP) is 4.46. The molecule has 0 saturated carbocycles. The number of furan rings is 1.